The van der Waals surface area contributed by atoms with Crippen molar-refractivity contribution in [2.24, 2.45) is 0 Å². The van der Waals surface area contributed by atoms with Crippen LogP contribution in [0.25, 0.3) is 0 Å². The molecule has 1 atom stereocenters. The number of hydrogen-bond donors (Lipinski definition) is 2. The van der Waals surface area contributed by atoms with Gasteiger partial charge in [0, 0.05) is 18.0 Å². The number of rotatable bonds is 6. The lowest BCUT2D eigenvalue weighted by Gasteiger charge is -2.19. The summed E-state index contributed by atoms with van der Waals surface area (Å²) in [6, 6.07) is 7.28. The first-order valence-corrected chi connectivity index (χ1v) is 8.07. The van der Waals surface area contributed by atoms with Crippen LogP contribution in [0.15, 0.2) is 24.3 Å². The quantitative estimate of drug-likeness (QED) is 0.773. The Kier molecular flexibility index (Phi) is 7.36. The van der Waals surface area contributed by atoms with Crippen molar-refractivity contribution < 1.29 is 14.3 Å². The van der Waals surface area contributed by atoms with Gasteiger partial charge in [0.25, 0.3) is 0 Å². The van der Waals surface area contributed by atoms with Crippen LogP contribution < -0.4 is 10.6 Å². The van der Waals surface area contributed by atoms with Gasteiger partial charge in [0.15, 0.2) is 0 Å². The maximum atomic E-state index is 11.9. The molecule has 6 heteroatoms. The van der Waals surface area contributed by atoms with Crippen LogP contribution in [-0.4, -0.2) is 24.1 Å². The second kappa shape index (κ2) is 8.77. The van der Waals surface area contributed by atoms with Gasteiger partial charge in [-0.15, -0.1) is 0 Å². The summed E-state index contributed by atoms with van der Waals surface area (Å²) in [5.41, 5.74) is 0.477. The maximum Gasteiger partial charge on any atom is 0.407 e. The molecule has 0 spiro atoms. The second-order valence-electron chi connectivity index (χ2n) is 6.37. The molecule has 2 N–H and O–H groups in total. The van der Waals surface area contributed by atoms with Crippen molar-refractivity contribution in [3.8, 4) is 0 Å². The summed E-state index contributed by atoms with van der Waals surface area (Å²) < 4.78 is 5.12. The lowest BCUT2D eigenvalue weighted by molar-refractivity contribution is -0.121. The Labute approximate surface area is 142 Å². The van der Waals surface area contributed by atoms with Gasteiger partial charge in [-0.2, -0.15) is 0 Å². The van der Waals surface area contributed by atoms with E-state index in [1.54, 1.807) is 32.9 Å². The molecule has 0 radical (unpaired) electrons. The van der Waals surface area contributed by atoms with Crippen LogP contribution in [-0.2, 0) is 9.53 Å². The van der Waals surface area contributed by atoms with E-state index < -0.39 is 11.7 Å². The van der Waals surface area contributed by atoms with Gasteiger partial charge in [-0.3, -0.25) is 4.79 Å². The van der Waals surface area contributed by atoms with Gasteiger partial charge in [0.05, 0.1) is 6.04 Å². The molecule has 5 nitrogen and oxygen atoms in total. The van der Waals surface area contributed by atoms with Crippen molar-refractivity contribution in [2.75, 3.05) is 6.54 Å². The Bertz CT molecular complexity index is 524. The minimum absolute atomic E-state index is 0.0570. The van der Waals surface area contributed by atoms with Gasteiger partial charge in [0.1, 0.15) is 5.60 Å². The lowest BCUT2D eigenvalue weighted by Crippen LogP contribution is -2.33. The van der Waals surface area contributed by atoms with Gasteiger partial charge in [-0.25, -0.2) is 4.79 Å². The van der Waals surface area contributed by atoms with E-state index in [9.17, 15) is 9.59 Å². The third-order valence-electron chi connectivity index (χ3n) is 3.00. The maximum absolute atomic E-state index is 11.9. The van der Waals surface area contributed by atoms with Crippen molar-refractivity contribution in [3.63, 3.8) is 0 Å². The largest absolute Gasteiger partial charge is 0.444 e. The van der Waals surface area contributed by atoms with Crippen LogP contribution in [0, 0.1) is 0 Å². The number of halogens is 1. The van der Waals surface area contributed by atoms with Crippen LogP contribution >= 0.6 is 11.6 Å². The Morgan fingerprint density at radius 1 is 1.22 bits per heavy atom. The second-order valence-corrected chi connectivity index (χ2v) is 6.81. The number of amides is 2. The number of alkyl carbamates (subject to hydrolysis) is 1. The fourth-order valence-electron chi connectivity index (χ4n) is 1.90. The molecule has 1 rings (SSSR count). The minimum atomic E-state index is -0.518. The molecule has 0 bridgehead atoms. The van der Waals surface area contributed by atoms with E-state index in [0.29, 0.717) is 24.4 Å². The van der Waals surface area contributed by atoms with E-state index in [1.165, 1.54) is 0 Å². The van der Waals surface area contributed by atoms with Gasteiger partial charge in [-0.05, 0) is 51.8 Å². The normalized spacial score (nSPS) is 12.4. The summed E-state index contributed by atoms with van der Waals surface area (Å²) in [5, 5.41) is 6.21. The van der Waals surface area contributed by atoms with Gasteiger partial charge in [-0.1, -0.05) is 23.7 Å². The van der Waals surface area contributed by atoms with Crippen LogP contribution in [0.5, 0.6) is 0 Å². The zero-order valence-corrected chi connectivity index (χ0v) is 14.9. The zero-order valence-electron chi connectivity index (χ0n) is 14.1. The van der Waals surface area contributed by atoms with Crippen molar-refractivity contribution >= 4 is 23.6 Å². The summed E-state index contributed by atoms with van der Waals surface area (Å²) in [6.45, 7) is 7.73. The van der Waals surface area contributed by atoms with E-state index in [1.807, 2.05) is 19.1 Å². The molecule has 1 aromatic rings. The van der Waals surface area contributed by atoms with E-state index in [-0.39, 0.29) is 11.9 Å². The Hall–Kier alpha value is -1.75. The van der Waals surface area contributed by atoms with E-state index in [4.69, 9.17) is 16.3 Å². The van der Waals surface area contributed by atoms with Gasteiger partial charge < -0.3 is 15.4 Å². The third kappa shape index (κ3) is 8.45. The molecule has 0 aliphatic heterocycles. The number of hydrogen-bond acceptors (Lipinski definition) is 3. The molecule has 0 aliphatic carbocycles. The first kappa shape index (κ1) is 19.3. The number of nitrogens with one attached hydrogen (secondary N) is 2. The molecule has 0 fully saturated rings. The average molecular weight is 341 g/mol. The highest BCUT2D eigenvalue weighted by Gasteiger charge is 2.15. The van der Waals surface area contributed by atoms with Crippen LogP contribution in [0.2, 0.25) is 5.02 Å². The van der Waals surface area contributed by atoms with Crippen molar-refractivity contribution in [1.82, 2.24) is 10.6 Å². The highest BCUT2D eigenvalue weighted by Crippen LogP contribution is 2.16. The molecular formula is C17H25ClN2O3. The van der Waals surface area contributed by atoms with E-state index >= 15 is 0 Å². The molecule has 0 saturated heterocycles. The first-order chi connectivity index (χ1) is 10.7. The predicted molar refractivity (Wildman–Crippen MR) is 91.5 cm³/mol. The van der Waals surface area contributed by atoms with Crippen LogP contribution in [0.4, 0.5) is 4.79 Å². The standard InChI is InChI=1S/C17H25ClN2O3/c1-12(13-7-9-14(18)10-8-13)20-15(21)6-5-11-19-16(22)23-17(2,3)4/h7-10,12H,5-6,11H2,1-4H3,(H,19,22)(H,20,21). The Morgan fingerprint density at radius 3 is 2.39 bits per heavy atom. The summed E-state index contributed by atoms with van der Waals surface area (Å²) in [5.74, 6) is -0.0570. The molecule has 0 saturated carbocycles. The molecule has 0 aromatic heterocycles. The number of ether oxygens (including phenoxy) is 1. The molecule has 128 valence electrons. The number of carbonyl (C=O) groups excluding carboxylic acids is 2. The fraction of sp³-hybridized carbons (Fsp3) is 0.529. The van der Waals surface area contributed by atoms with Crippen molar-refractivity contribution in [2.45, 2.75) is 52.2 Å². The van der Waals surface area contributed by atoms with Crippen molar-refractivity contribution in [3.05, 3.63) is 34.9 Å². The minimum Gasteiger partial charge on any atom is -0.444 e. The van der Waals surface area contributed by atoms with Gasteiger partial charge >= 0.3 is 6.09 Å². The average Bonchev–Trinajstić information content (AvgIpc) is 2.42. The van der Waals surface area contributed by atoms with E-state index in [0.717, 1.165) is 5.56 Å². The molecular weight excluding hydrogens is 316 g/mol. The van der Waals surface area contributed by atoms with Crippen LogP contribution in [0.3, 0.4) is 0 Å². The fourth-order valence-corrected chi connectivity index (χ4v) is 2.03. The number of benzene rings is 1. The molecule has 1 unspecified atom stereocenters. The summed E-state index contributed by atoms with van der Waals surface area (Å²) in [4.78, 5) is 23.3. The number of carbonyl (C=O) groups is 2. The summed E-state index contributed by atoms with van der Waals surface area (Å²) >= 11 is 5.84. The molecule has 1 aromatic carbocycles. The molecule has 0 heterocycles. The zero-order chi connectivity index (χ0) is 17.5. The molecule has 0 aliphatic rings. The Balaban J connectivity index is 2.24. The smallest absolute Gasteiger partial charge is 0.407 e. The van der Waals surface area contributed by atoms with Gasteiger partial charge in [0.2, 0.25) is 5.91 Å². The van der Waals surface area contributed by atoms with E-state index in [2.05, 4.69) is 10.6 Å². The molecule has 23 heavy (non-hydrogen) atoms. The highest BCUT2D eigenvalue weighted by molar-refractivity contribution is 6.30. The SMILES string of the molecule is CC(NC(=O)CCCNC(=O)OC(C)(C)C)c1ccc(Cl)cc1. The third-order valence-corrected chi connectivity index (χ3v) is 3.25. The van der Waals surface area contributed by atoms with Crippen molar-refractivity contribution in [1.29, 1.82) is 0 Å². The summed E-state index contributed by atoms with van der Waals surface area (Å²) in [6.07, 6.45) is 0.430. The Morgan fingerprint density at radius 2 is 1.83 bits per heavy atom. The first-order valence-electron chi connectivity index (χ1n) is 7.69. The highest BCUT2D eigenvalue weighted by atomic mass is 35.5. The van der Waals surface area contributed by atoms with Crippen LogP contribution in [0.1, 0.15) is 52.1 Å². The lowest BCUT2D eigenvalue weighted by atomic mass is 10.1. The molecule has 2 amide bonds. The monoisotopic (exact) mass is 340 g/mol. The summed E-state index contributed by atoms with van der Waals surface area (Å²) in [7, 11) is 0. The topological polar surface area (TPSA) is 67.4 Å². The predicted octanol–water partition coefficient (Wildman–Crippen LogP) is 3.82.